The number of hydrogen-bond donors (Lipinski definition) is 4. The fourth-order valence-electron chi connectivity index (χ4n) is 7.11. The summed E-state index contributed by atoms with van der Waals surface area (Å²) in [5, 5.41) is 40.1. The molecule has 0 radical (unpaired) electrons. The lowest BCUT2D eigenvalue weighted by molar-refractivity contribution is -0.305. The fourth-order valence-corrected chi connectivity index (χ4v) is 7.11. The molecule has 1 heterocycles. The number of hydrogen-bond acceptors (Lipinski definition) is 10. The van der Waals surface area contributed by atoms with Gasteiger partial charge in [-0.15, -0.1) is 0 Å². The number of allylic oxidation sites excluding steroid dienone is 4. The van der Waals surface area contributed by atoms with Crippen LogP contribution in [-0.4, -0.2) is 89.0 Å². The third-order valence-electron chi connectivity index (χ3n) is 10.8. The third kappa shape index (κ3) is 30.0. The molecule has 0 aromatic heterocycles. The van der Waals surface area contributed by atoms with Gasteiger partial charge >= 0.3 is 11.9 Å². The van der Waals surface area contributed by atoms with Crippen LogP contribution in [0.1, 0.15) is 206 Å². The van der Waals surface area contributed by atoms with Crippen LogP contribution in [0.15, 0.2) is 24.3 Å². The molecule has 1 saturated heterocycles. The second-order valence-electron chi connectivity index (χ2n) is 16.2. The van der Waals surface area contributed by atoms with Gasteiger partial charge in [-0.2, -0.15) is 0 Å². The van der Waals surface area contributed by atoms with E-state index in [-0.39, 0.29) is 32.0 Å². The molecule has 334 valence electrons. The van der Waals surface area contributed by atoms with Gasteiger partial charge in [0.2, 0.25) is 0 Å². The van der Waals surface area contributed by atoms with Crippen molar-refractivity contribution in [2.75, 3.05) is 19.8 Å². The molecule has 1 rings (SSSR count). The summed E-state index contributed by atoms with van der Waals surface area (Å²) >= 11 is 0. The average Bonchev–Trinajstić information content (AvgIpc) is 3.21. The summed E-state index contributed by atoms with van der Waals surface area (Å²) in [6.45, 7) is 3.40. The Hall–Kier alpha value is -1.82. The van der Waals surface area contributed by atoms with Crippen molar-refractivity contribution in [3.63, 3.8) is 0 Å². The lowest BCUT2D eigenvalue weighted by atomic mass is 9.99. The van der Waals surface area contributed by atoms with E-state index in [1.165, 1.54) is 135 Å². The van der Waals surface area contributed by atoms with Crippen molar-refractivity contribution < 1.29 is 49.0 Å². The highest BCUT2D eigenvalue weighted by atomic mass is 16.7. The van der Waals surface area contributed by atoms with Crippen LogP contribution in [0.5, 0.6) is 0 Å². The summed E-state index contributed by atoms with van der Waals surface area (Å²) in [6.07, 6.45) is 34.8. The molecule has 57 heavy (non-hydrogen) atoms. The highest BCUT2D eigenvalue weighted by Crippen LogP contribution is 2.23. The van der Waals surface area contributed by atoms with Crippen molar-refractivity contribution in [2.45, 2.75) is 243 Å². The summed E-state index contributed by atoms with van der Waals surface area (Å²) in [4.78, 5) is 25.3. The highest BCUT2D eigenvalue weighted by Gasteiger charge is 2.44. The molecule has 0 aromatic carbocycles. The molecule has 0 amide bonds. The van der Waals surface area contributed by atoms with Crippen molar-refractivity contribution in [1.29, 1.82) is 0 Å². The molecule has 2 unspecified atom stereocenters. The second-order valence-corrected chi connectivity index (χ2v) is 16.2. The monoisotopic (exact) mass is 811 g/mol. The van der Waals surface area contributed by atoms with E-state index in [0.717, 1.165) is 38.5 Å². The Balaban J connectivity index is 2.34. The Labute approximate surface area is 347 Å². The predicted molar refractivity (Wildman–Crippen MR) is 229 cm³/mol. The zero-order valence-corrected chi connectivity index (χ0v) is 36.3. The van der Waals surface area contributed by atoms with Crippen LogP contribution >= 0.6 is 0 Å². The van der Waals surface area contributed by atoms with E-state index >= 15 is 0 Å². The smallest absolute Gasteiger partial charge is 0.306 e. The van der Waals surface area contributed by atoms with Crippen molar-refractivity contribution in [3.8, 4) is 0 Å². The first kappa shape index (κ1) is 53.2. The minimum absolute atomic E-state index is 0.169. The lowest BCUT2D eigenvalue weighted by Crippen LogP contribution is -2.59. The molecule has 0 saturated carbocycles. The van der Waals surface area contributed by atoms with Crippen LogP contribution in [0.25, 0.3) is 0 Å². The van der Waals surface area contributed by atoms with E-state index in [2.05, 4.69) is 38.2 Å². The Morgan fingerprint density at radius 1 is 0.544 bits per heavy atom. The first-order valence-corrected chi connectivity index (χ1v) is 23.4. The first-order chi connectivity index (χ1) is 27.8. The quantitative estimate of drug-likeness (QED) is 0.0268. The number of carbonyl (C=O) groups excluding carboxylic acids is 2. The van der Waals surface area contributed by atoms with Gasteiger partial charge in [-0.3, -0.25) is 9.59 Å². The summed E-state index contributed by atoms with van der Waals surface area (Å²) in [6, 6.07) is 0. The van der Waals surface area contributed by atoms with Gasteiger partial charge in [-0.05, 0) is 38.5 Å². The predicted octanol–water partition coefficient (Wildman–Crippen LogP) is 10.1. The summed E-state index contributed by atoms with van der Waals surface area (Å²) in [5.41, 5.74) is 0. The molecule has 6 atom stereocenters. The van der Waals surface area contributed by atoms with Crippen LogP contribution in [0.3, 0.4) is 0 Å². The van der Waals surface area contributed by atoms with Crippen LogP contribution in [-0.2, 0) is 28.5 Å². The largest absolute Gasteiger partial charge is 0.462 e. The van der Waals surface area contributed by atoms with Crippen molar-refractivity contribution in [1.82, 2.24) is 0 Å². The number of aliphatic hydroxyl groups excluding tert-OH is 4. The van der Waals surface area contributed by atoms with Gasteiger partial charge in [0.25, 0.3) is 0 Å². The number of rotatable bonds is 39. The van der Waals surface area contributed by atoms with E-state index in [0.29, 0.717) is 6.42 Å². The molecule has 0 spiro atoms. The zero-order valence-electron chi connectivity index (χ0n) is 36.3. The van der Waals surface area contributed by atoms with E-state index in [9.17, 15) is 30.0 Å². The number of aliphatic hydroxyl groups is 4. The minimum Gasteiger partial charge on any atom is -0.462 e. The van der Waals surface area contributed by atoms with Gasteiger partial charge in [0.1, 0.15) is 31.0 Å². The maximum Gasteiger partial charge on any atom is 0.306 e. The highest BCUT2D eigenvalue weighted by molar-refractivity contribution is 5.70. The van der Waals surface area contributed by atoms with Crippen LogP contribution < -0.4 is 0 Å². The molecule has 0 bridgehead atoms. The number of esters is 2. The zero-order chi connectivity index (χ0) is 41.6. The number of ether oxygens (including phenoxy) is 4. The van der Waals surface area contributed by atoms with Crippen molar-refractivity contribution in [2.24, 2.45) is 0 Å². The Morgan fingerprint density at radius 2 is 1.00 bits per heavy atom. The Morgan fingerprint density at radius 3 is 1.51 bits per heavy atom. The average molecular weight is 811 g/mol. The van der Waals surface area contributed by atoms with E-state index in [1.807, 2.05) is 0 Å². The Kier molecular flexibility index (Phi) is 35.8. The lowest BCUT2D eigenvalue weighted by Gasteiger charge is -2.39. The van der Waals surface area contributed by atoms with E-state index in [1.54, 1.807) is 0 Å². The van der Waals surface area contributed by atoms with Gasteiger partial charge in [-0.25, -0.2) is 0 Å². The normalized spacial score (nSPS) is 20.4. The van der Waals surface area contributed by atoms with Crippen LogP contribution in [0.4, 0.5) is 0 Å². The van der Waals surface area contributed by atoms with E-state index < -0.39 is 49.4 Å². The molecule has 1 fully saturated rings. The van der Waals surface area contributed by atoms with Gasteiger partial charge < -0.3 is 39.4 Å². The van der Waals surface area contributed by atoms with E-state index in [4.69, 9.17) is 18.9 Å². The summed E-state index contributed by atoms with van der Waals surface area (Å²) in [7, 11) is 0. The van der Waals surface area contributed by atoms with Crippen molar-refractivity contribution in [3.05, 3.63) is 24.3 Å². The fraction of sp³-hybridized carbons (Fsp3) is 0.872. The SMILES string of the molecule is CCCCCCCCCCC/C=C/C/C=C/CCCC(=O)O[C@H](COC(=O)CCCCCCCCCCCCCCCCC)CO[C@@H]1O[C@H](CO)[C@H](O)C(O)C1O. The molecule has 10 nitrogen and oxygen atoms in total. The minimum atomic E-state index is -1.60. The van der Waals surface area contributed by atoms with Gasteiger partial charge in [0, 0.05) is 12.8 Å². The summed E-state index contributed by atoms with van der Waals surface area (Å²) in [5.74, 6) is -0.851. The third-order valence-corrected chi connectivity index (χ3v) is 10.8. The molecular formula is C47H86O10. The number of carbonyl (C=O) groups is 2. The molecule has 4 N–H and O–H groups in total. The maximum atomic E-state index is 12.8. The van der Waals surface area contributed by atoms with Crippen molar-refractivity contribution >= 4 is 11.9 Å². The standard InChI is InChI=1S/C47H86O10/c1-3-5-7-9-11-13-15-17-19-20-22-24-26-28-30-32-34-36-43(50)56-40(39-55-47-46(53)45(52)44(51)41(37-48)57-47)38-54-42(49)35-33-31-29-27-25-23-21-18-16-14-12-10-8-6-4-2/h22,24,28,30,40-41,44-48,51-53H,3-21,23,25-27,29,31-39H2,1-2H3/b24-22+,30-28+/t40-,41-,44+,45?,46?,47-/m1/s1. The second kappa shape index (κ2) is 38.4. The van der Waals surface area contributed by atoms with Gasteiger partial charge in [0.15, 0.2) is 12.4 Å². The molecule has 0 aromatic rings. The molecule has 1 aliphatic heterocycles. The van der Waals surface area contributed by atoms with Gasteiger partial charge in [0.05, 0.1) is 13.2 Å². The molecule has 0 aliphatic carbocycles. The first-order valence-electron chi connectivity index (χ1n) is 23.4. The maximum absolute atomic E-state index is 12.8. The molecular weight excluding hydrogens is 725 g/mol. The molecule has 10 heteroatoms. The van der Waals surface area contributed by atoms with Crippen LogP contribution in [0, 0.1) is 0 Å². The topological polar surface area (TPSA) is 152 Å². The summed E-state index contributed by atoms with van der Waals surface area (Å²) < 4.78 is 22.1. The van der Waals surface area contributed by atoms with Gasteiger partial charge in [-0.1, -0.05) is 179 Å². The van der Waals surface area contributed by atoms with Crippen LogP contribution in [0.2, 0.25) is 0 Å². The Bertz CT molecular complexity index is 985. The molecule has 1 aliphatic rings. The number of unbranched alkanes of at least 4 members (excludes halogenated alkanes) is 24.